The standard InChI is InChI=1S/C19H21ClFN3O3S/c20-16-7-4-8-17(21)18(16)19(25)22-9-14-28(26,27)24-12-10-23(11-13-24)15-5-2-1-3-6-15/h1-8H,9-14H2,(H,22,25). The molecule has 1 N–H and O–H groups in total. The highest BCUT2D eigenvalue weighted by Crippen LogP contribution is 2.19. The minimum atomic E-state index is -3.52. The van der Waals surface area contributed by atoms with Gasteiger partial charge in [0.25, 0.3) is 5.91 Å². The maximum atomic E-state index is 13.8. The first-order valence-corrected chi connectivity index (χ1v) is 10.9. The average molecular weight is 426 g/mol. The van der Waals surface area contributed by atoms with Crippen molar-refractivity contribution in [3.05, 3.63) is 64.9 Å². The number of rotatable bonds is 6. The summed E-state index contributed by atoms with van der Waals surface area (Å²) in [5.74, 6) is -1.73. The molecule has 1 aliphatic heterocycles. The van der Waals surface area contributed by atoms with Crippen LogP contribution in [0.5, 0.6) is 0 Å². The van der Waals surface area contributed by atoms with Gasteiger partial charge in [-0.25, -0.2) is 12.8 Å². The summed E-state index contributed by atoms with van der Waals surface area (Å²) in [6.45, 7) is 1.83. The summed E-state index contributed by atoms with van der Waals surface area (Å²) < 4.78 is 40.3. The van der Waals surface area contributed by atoms with Gasteiger partial charge in [0.15, 0.2) is 0 Å². The lowest BCUT2D eigenvalue weighted by Crippen LogP contribution is -2.50. The monoisotopic (exact) mass is 425 g/mol. The van der Waals surface area contributed by atoms with Gasteiger partial charge in [-0.05, 0) is 24.3 Å². The predicted octanol–water partition coefficient (Wildman–Crippen LogP) is 2.36. The van der Waals surface area contributed by atoms with Crippen LogP contribution in [0.3, 0.4) is 0 Å². The van der Waals surface area contributed by atoms with Gasteiger partial charge in [-0.3, -0.25) is 4.79 Å². The number of sulfonamides is 1. The second kappa shape index (κ2) is 8.89. The van der Waals surface area contributed by atoms with Gasteiger partial charge < -0.3 is 10.2 Å². The van der Waals surface area contributed by atoms with E-state index in [-0.39, 0.29) is 22.9 Å². The zero-order valence-electron chi connectivity index (χ0n) is 15.1. The summed E-state index contributed by atoms with van der Waals surface area (Å²) >= 11 is 5.85. The molecule has 0 spiro atoms. The molecule has 28 heavy (non-hydrogen) atoms. The third-order valence-corrected chi connectivity index (χ3v) is 6.78. The van der Waals surface area contributed by atoms with Crippen molar-refractivity contribution in [3.63, 3.8) is 0 Å². The Morgan fingerprint density at radius 2 is 1.71 bits per heavy atom. The van der Waals surface area contributed by atoms with E-state index in [0.717, 1.165) is 11.8 Å². The fraction of sp³-hybridized carbons (Fsp3) is 0.316. The molecule has 2 aromatic rings. The molecule has 0 aliphatic carbocycles. The van der Waals surface area contributed by atoms with Crippen LogP contribution in [0.2, 0.25) is 5.02 Å². The third-order valence-electron chi connectivity index (χ3n) is 4.59. The lowest BCUT2D eigenvalue weighted by molar-refractivity contribution is 0.0952. The molecule has 0 unspecified atom stereocenters. The second-order valence-electron chi connectivity index (χ2n) is 6.39. The van der Waals surface area contributed by atoms with Gasteiger partial charge in [0.2, 0.25) is 10.0 Å². The van der Waals surface area contributed by atoms with E-state index in [0.29, 0.717) is 26.2 Å². The van der Waals surface area contributed by atoms with Crippen LogP contribution in [0.1, 0.15) is 10.4 Å². The first-order chi connectivity index (χ1) is 13.4. The number of piperazine rings is 1. The SMILES string of the molecule is O=C(NCCS(=O)(=O)N1CCN(c2ccccc2)CC1)c1c(F)cccc1Cl. The molecular formula is C19H21ClFN3O3S. The molecule has 1 amide bonds. The van der Waals surface area contributed by atoms with Crippen molar-refractivity contribution in [2.45, 2.75) is 0 Å². The summed E-state index contributed by atoms with van der Waals surface area (Å²) in [4.78, 5) is 14.2. The lowest BCUT2D eigenvalue weighted by atomic mass is 10.2. The number of carbonyl (C=O) groups excluding carboxylic acids is 1. The first-order valence-electron chi connectivity index (χ1n) is 8.88. The van der Waals surface area contributed by atoms with Crippen LogP contribution in [-0.4, -0.2) is 57.1 Å². The Labute approximate surface area is 168 Å². The highest BCUT2D eigenvalue weighted by atomic mass is 35.5. The molecule has 1 heterocycles. The topological polar surface area (TPSA) is 69.7 Å². The zero-order chi connectivity index (χ0) is 20.1. The summed E-state index contributed by atoms with van der Waals surface area (Å²) in [6.07, 6.45) is 0. The van der Waals surface area contributed by atoms with Crippen molar-refractivity contribution in [3.8, 4) is 0 Å². The highest BCUT2D eigenvalue weighted by Gasteiger charge is 2.27. The third kappa shape index (κ3) is 4.81. The van der Waals surface area contributed by atoms with E-state index in [1.165, 1.54) is 16.4 Å². The van der Waals surface area contributed by atoms with E-state index in [1.54, 1.807) is 0 Å². The van der Waals surface area contributed by atoms with Crippen molar-refractivity contribution in [2.75, 3.05) is 43.4 Å². The number of nitrogens with one attached hydrogen (secondary N) is 1. The number of hydrogen-bond donors (Lipinski definition) is 1. The Morgan fingerprint density at radius 3 is 2.36 bits per heavy atom. The number of para-hydroxylation sites is 1. The lowest BCUT2D eigenvalue weighted by Gasteiger charge is -2.35. The van der Waals surface area contributed by atoms with Crippen LogP contribution < -0.4 is 10.2 Å². The van der Waals surface area contributed by atoms with Crippen LogP contribution in [-0.2, 0) is 10.0 Å². The van der Waals surface area contributed by atoms with E-state index in [4.69, 9.17) is 11.6 Å². The Kier molecular flexibility index (Phi) is 6.53. The number of nitrogens with zero attached hydrogens (tertiary/aromatic N) is 2. The average Bonchev–Trinajstić information content (AvgIpc) is 2.68. The number of carbonyl (C=O) groups is 1. The molecule has 0 bridgehead atoms. The second-order valence-corrected chi connectivity index (χ2v) is 8.89. The van der Waals surface area contributed by atoms with Crippen molar-refractivity contribution >= 4 is 33.2 Å². The number of halogens is 2. The smallest absolute Gasteiger partial charge is 0.255 e. The molecule has 2 aromatic carbocycles. The van der Waals surface area contributed by atoms with Crippen LogP contribution >= 0.6 is 11.6 Å². The predicted molar refractivity (Wildman–Crippen MR) is 108 cm³/mol. The van der Waals surface area contributed by atoms with Gasteiger partial charge in [-0.2, -0.15) is 4.31 Å². The van der Waals surface area contributed by atoms with Crippen molar-refractivity contribution in [1.29, 1.82) is 0 Å². The minimum absolute atomic E-state index is 0.0163. The Morgan fingerprint density at radius 1 is 1.04 bits per heavy atom. The van der Waals surface area contributed by atoms with Gasteiger partial charge in [0.05, 0.1) is 16.3 Å². The number of amides is 1. The van der Waals surface area contributed by atoms with Crippen LogP contribution in [0.25, 0.3) is 0 Å². The summed E-state index contributed by atoms with van der Waals surface area (Å²) in [5.41, 5.74) is 0.784. The van der Waals surface area contributed by atoms with E-state index in [2.05, 4.69) is 10.2 Å². The summed E-state index contributed by atoms with van der Waals surface area (Å²) in [7, 11) is -3.52. The van der Waals surface area contributed by atoms with E-state index in [1.807, 2.05) is 30.3 Å². The van der Waals surface area contributed by atoms with Crippen molar-refractivity contribution in [1.82, 2.24) is 9.62 Å². The molecule has 1 saturated heterocycles. The highest BCUT2D eigenvalue weighted by molar-refractivity contribution is 7.89. The Hall–Kier alpha value is -2.16. The Balaban J connectivity index is 1.51. The Bertz CT molecular complexity index is 912. The number of anilines is 1. The van der Waals surface area contributed by atoms with E-state index < -0.39 is 21.7 Å². The van der Waals surface area contributed by atoms with Crippen LogP contribution in [0, 0.1) is 5.82 Å². The largest absolute Gasteiger partial charge is 0.369 e. The van der Waals surface area contributed by atoms with Gasteiger partial charge in [-0.1, -0.05) is 35.9 Å². The molecule has 150 valence electrons. The van der Waals surface area contributed by atoms with Gasteiger partial charge in [-0.15, -0.1) is 0 Å². The fourth-order valence-corrected chi connectivity index (χ4v) is 4.68. The molecular weight excluding hydrogens is 405 g/mol. The van der Waals surface area contributed by atoms with Gasteiger partial charge >= 0.3 is 0 Å². The number of benzene rings is 2. The summed E-state index contributed by atoms with van der Waals surface area (Å²) in [5, 5.41) is 2.41. The van der Waals surface area contributed by atoms with Crippen LogP contribution in [0.15, 0.2) is 48.5 Å². The van der Waals surface area contributed by atoms with Gasteiger partial charge in [0, 0.05) is 38.4 Å². The van der Waals surface area contributed by atoms with Gasteiger partial charge in [0.1, 0.15) is 5.82 Å². The normalized spacial score (nSPS) is 15.4. The maximum absolute atomic E-state index is 13.8. The van der Waals surface area contributed by atoms with Crippen molar-refractivity contribution < 1.29 is 17.6 Å². The minimum Gasteiger partial charge on any atom is -0.369 e. The van der Waals surface area contributed by atoms with Crippen molar-refractivity contribution in [2.24, 2.45) is 0 Å². The molecule has 1 aliphatic rings. The fourth-order valence-electron chi connectivity index (χ4n) is 3.09. The maximum Gasteiger partial charge on any atom is 0.255 e. The van der Waals surface area contributed by atoms with Crippen LogP contribution in [0.4, 0.5) is 10.1 Å². The first kappa shape index (κ1) is 20.6. The zero-order valence-corrected chi connectivity index (χ0v) is 16.7. The molecule has 1 fully saturated rings. The quantitative estimate of drug-likeness (QED) is 0.771. The molecule has 0 atom stereocenters. The molecule has 0 radical (unpaired) electrons. The number of hydrogen-bond acceptors (Lipinski definition) is 4. The summed E-state index contributed by atoms with van der Waals surface area (Å²) in [6, 6.07) is 13.8. The molecule has 0 aromatic heterocycles. The van der Waals surface area contributed by atoms with E-state index >= 15 is 0 Å². The molecule has 9 heteroatoms. The van der Waals surface area contributed by atoms with E-state index in [9.17, 15) is 17.6 Å². The molecule has 0 saturated carbocycles. The molecule has 6 nitrogen and oxygen atoms in total. The molecule has 3 rings (SSSR count).